The van der Waals surface area contributed by atoms with Crippen molar-refractivity contribution in [2.45, 2.75) is 33.4 Å². The van der Waals surface area contributed by atoms with Gasteiger partial charge in [0.2, 0.25) is 5.91 Å². The van der Waals surface area contributed by atoms with Gasteiger partial charge < -0.3 is 15.2 Å². The van der Waals surface area contributed by atoms with E-state index in [-0.39, 0.29) is 18.5 Å². The van der Waals surface area contributed by atoms with Gasteiger partial charge in [-0.05, 0) is 44.0 Å². The van der Waals surface area contributed by atoms with E-state index < -0.39 is 0 Å². The maximum absolute atomic E-state index is 11.1. The molecule has 112 valence electrons. The molecule has 0 aliphatic carbocycles. The van der Waals surface area contributed by atoms with Crippen LogP contribution in [0.2, 0.25) is 0 Å². The molecule has 0 aliphatic heterocycles. The average molecular weight is 280 g/mol. The van der Waals surface area contributed by atoms with Crippen molar-refractivity contribution < 1.29 is 14.3 Å². The number of carbonyl (C=O) groups excluding carboxylic acids is 1. The minimum atomic E-state index is -0.322. The zero-order valence-electron chi connectivity index (χ0n) is 12.9. The van der Waals surface area contributed by atoms with E-state index in [1.807, 2.05) is 37.8 Å². The van der Waals surface area contributed by atoms with Gasteiger partial charge in [0.25, 0.3) is 0 Å². The van der Waals surface area contributed by atoms with Gasteiger partial charge in [-0.3, -0.25) is 9.69 Å². The van der Waals surface area contributed by atoms with E-state index >= 15 is 0 Å². The minimum absolute atomic E-state index is 0.231. The highest BCUT2D eigenvalue weighted by Gasteiger charge is 2.16. The van der Waals surface area contributed by atoms with Crippen LogP contribution in [-0.2, 0) is 11.3 Å². The molecule has 0 aliphatic rings. The van der Waals surface area contributed by atoms with Crippen LogP contribution < -0.4 is 15.2 Å². The molecule has 2 N–H and O–H groups in total. The lowest BCUT2D eigenvalue weighted by molar-refractivity contribution is -0.119. The normalized spacial score (nSPS) is 10.9. The maximum Gasteiger partial charge on any atom is 0.231 e. The van der Waals surface area contributed by atoms with E-state index in [1.165, 1.54) is 0 Å². The molecule has 0 saturated carbocycles. The molecular formula is C15H24N2O3. The summed E-state index contributed by atoms with van der Waals surface area (Å²) in [5, 5.41) is 0. The lowest BCUT2D eigenvalue weighted by Gasteiger charge is -2.26. The molecule has 0 unspecified atom stereocenters. The van der Waals surface area contributed by atoms with E-state index in [2.05, 4.69) is 0 Å². The molecule has 1 rings (SSSR count). The Bertz CT molecular complexity index is 472. The Labute approximate surface area is 120 Å². The van der Waals surface area contributed by atoms with Crippen LogP contribution in [0.1, 0.15) is 25.0 Å². The molecule has 0 aromatic heterocycles. The third-order valence-electron chi connectivity index (χ3n) is 3.30. The summed E-state index contributed by atoms with van der Waals surface area (Å²) in [7, 11) is 3.23. The summed E-state index contributed by atoms with van der Waals surface area (Å²) in [4.78, 5) is 13.2. The third-order valence-corrected chi connectivity index (χ3v) is 3.30. The molecule has 1 aromatic carbocycles. The first-order valence-electron chi connectivity index (χ1n) is 6.62. The van der Waals surface area contributed by atoms with Crippen LogP contribution in [0.5, 0.6) is 11.5 Å². The Morgan fingerprint density at radius 1 is 1.25 bits per heavy atom. The van der Waals surface area contributed by atoms with E-state index in [9.17, 15) is 4.79 Å². The highest BCUT2D eigenvalue weighted by atomic mass is 16.5. The number of ether oxygens (including phenoxy) is 2. The van der Waals surface area contributed by atoms with Crippen LogP contribution in [0.3, 0.4) is 0 Å². The molecule has 0 radical (unpaired) electrons. The van der Waals surface area contributed by atoms with Gasteiger partial charge in [-0.25, -0.2) is 0 Å². The number of rotatable bonds is 7. The monoisotopic (exact) mass is 280 g/mol. The fraction of sp³-hybridized carbons (Fsp3) is 0.533. The zero-order valence-corrected chi connectivity index (χ0v) is 12.9. The summed E-state index contributed by atoms with van der Waals surface area (Å²) in [6.07, 6.45) is 0. The lowest BCUT2D eigenvalue weighted by Crippen LogP contribution is -2.38. The highest BCUT2D eigenvalue weighted by molar-refractivity contribution is 5.76. The number of nitrogens with two attached hydrogens (primary N) is 1. The number of primary amides is 1. The van der Waals surface area contributed by atoms with Crippen molar-refractivity contribution in [3.05, 3.63) is 23.3 Å². The predicted octanol–water partition coefficient (Wildman–Crippen LogP) is 1.71. The van der Waals surface area contributed by atoms with Gasteiger partial charge in [0.05, 0.1) is 20.8 Å². The molecule has 0 spiro atoms. The number of amides is 1. The number of aryl methyl sites for hydroxylation is 1. The topological polar surface area (TPSA) is 64.8 Å². The fourth-order valence-corrected chi connectivity index (χ4v) is 2.03. The number of hydrogen-bond acceptors (Lipinski definition) is 4. The summed E-state index contributed by atoms with van der Waals surface area (Å²) >= 11 is 0. The molecule has 0 heterocycles. The average Bonchev–Trinajstić information content (AvgIpc) is 2.38. The zero-order chi connectivity index (χ0) is 15.3. The fourth-order valence-electron chi connectivity index (χ4n) is 2.03. The van der Waals surface area contributed by atoms with Gasteiger partial charge in [0, 0.05) is 12.6 Å². The van der Waals surface area contributed by atoms with Crippen LogP contribution in [0.4, 0.5) is 0 Å². The van der Waals surface area contributed by atoms with Gasteiger partial charge in [0.15, 0.2) is 11.5 Å². The van der Waals surface area contributed by atoms with Crippen LogP contribution in [0.25, 0.3) is 0 Å². The molecule has 1 aromatic rings. The standard InChI is InChI=1S/C15H24N2O3/c1-10(2)17(9-15(16)18)8-12-7-14(20-5)13(19-4)6-11(12)3/h6-7,10H,8-9H2,1-5H3,(H2,16,18). The van der Waals surface area contributed by atoms with Crippen LogP contribution in [0, 0.1) is 6.92 Å². The summed E-state index contributed by atoms with van der Waals surface area (Å²) in [6.45, 7) is 6.98. The third kappa shape index (κ3) is 4.13. The van der Waals surface area contributed by atoms with Crippen molar-refractivity contribution >= 4 is 5.91 Å². The molecule has 5 heteroatoms. The van der Waals surface area contributed by atoms with Crippen molar-refractivity contribution in [2.75, 3.05) is 20.8 Å². The first-order chi connectivity index (χ1) is 9.38. The summed E-state index contributed by atoms with van der Waals surface area (Å²) in [6, 6.07) is 4.12. The van der Waals surface area contributed by atoms with E-state index in [0.29, 0.717) is 18.0 Å². The Kier molecular flexibility index (Phi) is 5.82. The maximum atomic E-state index is 11.1. The molecule has 0 fully saturated rings. The minimum Gasteiger partial charge on any atom is -0.493 e. The van der Waals surface area contributed by atoms with Crippen molar-refractivity contribution in [1.82, 2.24) is 4.90 Å². The molecular weight excluding hydrogens is 256 g/mol. The molecule has 1 amide bonds. The number of hydrogen-bond donors (Lipinski definition) is 1. The Morgan fingerprint density at radius 3 is 2.25 bits per heavy atom. The molecule has 0 saturated heterocycles. The smallest absolute Gasteiger partial charge is 0.231 e. The molecule has 0 atom stereocenters. The van der Waals surface area contributed by atoms with Gasteiger partial charge in [-0.1, -0.05) is 0 Å². The van der Waals surface area contributed by atoms with Crippen LogP contribution in [-0.4, -0.2) is 37.6 Å². The molecule has 5 nitrogen and oxygen atoms in total. The first kappa shape index (κ1) is 16.3. The first-order valence-corrected chi connectivity index (χ1v) is 6.62. The van der Waals surface area contributed by atoms with Crippen molar-refractivity contribution in [3.8, 4) is 11.5 Å². The number of carbonyl (C=O) groups is 1. The van der Waals surface area contributed by atoms with Crippen molar-refractivity contribution in [1.29, 1.82) is 0 Å². The highest BCUT2D eigenvalue weighted by Crippen LogP contribution is 2.31. The molecule has 20 heavy (non-hydrogen) atoms. The summed E-state index contributed by atoms with van der Waals surface area (Å²) in [5.41, 5.74) is 7.49. The Balaban J connectivity index is 3.03. The number of methoxy groups -OCH3 is 2. The van der Waals surface area contributed by atoms with Gasteiger partial charge in [0.1, 0.15) is 0 Å². The van der Waals surface area contributed by atoms with E-state index in [4.69, 9.17) is 15.2 Å². The van der Waals surface area contributed by atoms with Crippen molar-refractivity contribution in [2.24, 2.45) is 5.73 Å². The van der Waals surface area contributed by atoms with Gasteiger partial charge >= 0.3 is 0 Å². The number of nitrogens with zero attached hydrogens (tertiary/aromatic N) is 1. The lowest BCUT2D eigenvalue weighted by atomic mass is 10.1. The quantitative estimate of drug-likeness (QED) is 0.825. The van der Waals surface area contributed by atoms with Crippen LogP contribution >= 0.6 is 0 Å². The number of benzene rings is 1. The van der Waals surface area contributed by atoms with Gasteiger partial charge in [-0.2, -0.15) is 0 Å². The Morgan fingerprint density at radius 2 is 1.80 bits per heavy atom. The SMILES string of the molecule is COc1cc(C)c(CN(CC(N)=O)C(C)C)cc1OC. The summed E-state index contributed by atoms with van der Waals surface area (Å²) < 4.78 is 10.6. The second-order valence-corrected chi connectivity index (χ2v) is 5.10. The van der Waals surface area contributed by atoms with Gasteiger partial charge in [-0.15, -0.1) is 0 Å². The largest absolute Gasteiger partial charge is 0.493 e. The second-order valence-electron chi connectivity index (χ2n) is 5.10. The predicted molar refractivity (Wildman–Crippen MR) is 79.0 cm³/mol. The van der Waals surface area contributed by atoms with E-state index in [1.54, 1.807) is 14.2 Å². The molecule has 0 bridgehead atoms. The van der Waals surface area contributed by atoms with Crippen molar-refractivity contribution in [3.63, 3.8) is 0 Å². The van der Waals surface area contributed by atoms with Crippen LogP contribution in [0.15, 0.2) is 12.1 Å². The Hall–Kier alpha value is -1.75. The summed E-state index contributed by atoms with van der Waals surface area (Å²) in [5.74, 6) is 1.08. The second kappa shape index (κ2) is 7.14. The van der Waals surface area contributed by atoms with E-state index in [0.717, 1.165) is 11.1 Å².